The summed E-state index contributed by atoms with van der Waals surface area (Å²) in [6, 6.07) is -1.18. The number of aliphatic hydroxyl groups is 1. The van der Waals surface area contributed by atoms with E-state index >= 15 is 0 Å². The van der Waals surface area contributed by atoms with Gasteiger partial charge >= 0.3 is 5.97 Å². The normalized spacial score (nSPS) is 24.7. The van der Waals surface area contributed by atoms with E-state index in [9.17, 15) is 9.59 Å². The summed E-state index contributed by atoms with van der Waals surface area (Å²) in [5.41, 5.74) is 0. The fourth-order valence-electron chi connectivity index (χ4n) is 2.68. The molecule has 0 radical (unpaired) electrons. The molecule has 0 aromatic heterocycles. The summed E-state index contributed by atoms with van der Waals surface area (Å²) in [4.78, 5) is 22.7. The predicted octanol–water partition coefficient (Wildman–Crippen LogP) is 1.54. The van der Waals surface area contributed by atoms with Gasteiger partial charge in [0.2, 0.25) is 5.91 Å². The van der Waals surface area contributed by atoms with Crippen molar-refractivity contribution in [3.05, 3.63) is 0 Å². The van der Waals surface area contributed by atoms with Gasteiger partial charge in [0.05, 0.1) is 6.61 Å². The van der Waals surface area contributed by atoms with E-state index in [4.69, 9.17) is 10.2 Å². The lowest BCUT2D eigenvalue weighted by Crippen LogP contribution is -2.46. The van der Waals surface area contributed by atoms with Crippen LogP contribution in [0.15, 0.2) is 0 Å². The Labute approximate surface area is 114 Å². The van der Waals surface area contributed by atoms with Crippen LogP contribution in [0.3, 0.4) is 0 Å². The molecule has 1 fully saturated rings. The number of aliphatic hydroxyl groups excluding tert-OH is 1. The summed E-state index contributed by atoms with van der Waals surface area (Å²) < 4.78 is 0. The molecular formula is C14H25NO4. The van der Waals surface area contributed by atoms with Crippen LogP contribution < -0.4 is 5.32 Å². The minimum Gasteiger partial charge on any atom is -0.480 e. The van der Waals surface area contributed by atoms with Gasteiger partial charge in [0, 0.05) is 5.92 Å². The van der Waals surface area contributed by atoms with Gasteiger partial charge in [-0.15, -0.1) is 0 Å². The Morgan fingerprint density at radius 2 is 1.89 bits per heavy atom. The van der Waals surface area contributed by atoms with Crippen molar-refractivity contribution in [1.29, 1.82) is 0 Å². The van der Waals surface area contributed by atoms with E-state index in [1.807, 2.05) is 0 Å². The SMILES string of the molecule is CCCCC1CCC(C(=O)N[C@@H](CO)C(=O)O)CC1. The number of carboxylic acid groups (broad SMARTS) is 1. The molecule has 3 N–H and O–H groups in total. The highest BCUT2D eigenvalue weighted by atomic mass is 16.4. The van der Waals surface area contributed by atoms with Crippen LogP contribution in [0.5, 0.6) is 0 Å². The van der Waals surface area contributed by atoms with Gasteiger partial charge in [0.25, 0.3) is 0 Å². The van der Waals surface area contributed by atoms with E-state index in [-0.39, 0.29) is 11.8 Å². The van der Waals surface area contributed by atoms with E-state index in [0.29, 0.717) is 0 Å². The van der Waals surface area contributed by atoms with Gasteiger partial charge in [-0.2, -0.15) is 0 Å². The lowest BCUT2D eigenvalue weighted by atomic mass is 9.79. The first-order valence-electron chi connectivity index (χ1n) is 7.22. The minimum absolute atomic E-state index is 0.0914. The first kappa shape index (κ1) is 16.0. The average molecular weight is 271 g/mol. The Hall–Kier alpha value is -1.10. The molecular weight excluding hydrogens is 246 g/mol. The molecule has 0 saturated heterocycles. The molecule has 5 heteroatoms. The molecule has 0 aromatic rings. The largest absolute Gasteiger partial charge is 0.480 e. The summed E-state index contributed by atoms with van der Waals surface area (Å²) >= 11 is 0. The van der Waals surface area contributed by atoms with E-state index < -0.39 is 18.6 Å². The summed E-state index contributed by atoms with van der Waals surface area (Å²) in [7, 11) is 0. The molecule has 0 aromatic carbocycles. The summed E-state index contributed by atoms with van der Waals surface area (Å²) in [6.45, 7) is 1.62. The number of rotatable bonds is 7. The fourth-order valence-corrected chi connectivity index (χ4v) is 2.68. The van der Waals surface area contributed by atoms with Crippen molar-refractivity contribution >= 4 is 11.9 Å². The third-order valence-corrected chi connectivity index (χ3v) is 3.98. The second kappa shape index (κ2) is 8.15. The van der Waals surface area contributed by atoms with Gasteiger partial charge < -0.3 is 15.5 Å². The predicted molar refractivity (Wildman–Crippen MR) is 71.6 cm³/mol. The van der Waals surface area contributed by atoms with E-state index in [0.717, 1.165) is 31.6 Å². The molecule has 0 bridgehead atoms. The number of carbonyl (C=O) groups excluding carboxylic acids is 1. The van der Waals surface area contributed by atoms with Gasteiger partial charge in [-0.05, 0) is 31.6 Å². The van der Waals surface area contributed by atoms with Gasteiger partial charge in [-0.3, -0.25) is 4.79 Å². The smallest absolute Gasteiger partial charge is 0.328 e. The lowest BCUT2D eigenvalue weighted by Gasteiger charge is -2.28. The van der Waals surface area contributed by atoms with Crippen LogP contribution in [0.4, 0.5) is 0 Å². The van der Waals surface area contributed by atoms with E-state index in [1.54, 1.807) is 0 Å². The van der Waals surface area contributed by atoms with Gasteiger partial charge in [0.1, 0.15) is 6.04 Å². The van der Waals surface area contributed by atoms with E-state index in [2.05, 4.69) is 12.2 Å². The quantitative estimate of drug-likeness (QED) is 0.655. The molecule has 5 nitrogen and oxygen atoms in total. The lowest BCUT2D eigenvalue weighted by molar-refractivity contribution is -0.143. The maximum Gasteiger partial charge on any atom is 0.328 e. The first-order valence-corrected chi connectivity index (χ1v) is 7.22. The number of hydrogen-bond donors (Lipinski definition) is 3. The molecule has 0 aliphatic heterocycles. The fraction of sp³-hybridized carbons (Fsp3) is 0.857. The van der Waals surface area contributed by atoms with E-state index in [1.165, 1.54) is 19.3 Å². The standard InChI is InChI=1S/C14H25NO4/c1-2-3-4-10-5-7-11(8-6-10)13(17)15-12(9-16)14(18)19/h10-12,16H,2-9H2,1H3,(H,15,17)(H,18,19)/t10?,11?,12-/m0/s1. The van der Waals surface area contributed by atoms with Crippen LogP contribution >= 0.6 is 0 Å². The second-order valence-electron chi connectivity index (χ2n) is 5.44. The minimum atomic E-state index is -1.19. The number of aliphatic carboxylic acids is 1. The highest BCUT2D eigenvalue weighted by Crippen LogP contribution is 2.31. The molecule has 1 amide bonds. The number of amides is 1. The topological polar surface area (TPSA) is 86.6 Å². The summed E-state index contributed by atoms with van der Waals surface area (Å²) in [5.74, 6) is -0.786. The molecule has 1 atom stereocenters. The van der Waals surface area contributed by atoms with Crippen molar-refractivity contribution in [2.24, 2.45) is 11.8 Å². The molecule has 0 spiro atoms. The number of unbranched alkanes of at least 4 members (excludes halogenated alkanes) is 1. The highest BCUT2D eigenvalue weighted by Gasteiger charge is 2.28. The van der Waals surface area contributed by atoms with Crippen LogP contribution in [-0.4, -0.2) is 34.7 Å². The zero-order valence-corrected chi connectivity index (χ0v) is 11.6. The van der Waals surface area contributed by atoms with Crippen LogP contribution in [0.25, 0.3) is 0 Å². The van der Waals surface area contributed by atoms with Gasteiger partial charge in [-0.1, -0.05) is 26.2 Å². The highest BCUT2D eigenvalue weighted by molar-refractivity contribution is 5.85. The molecule has 1 saturated carbocycles. The monoisotopic (exact) mass is 271 g/mol. The molecule has 1 rings (SSSR count). The number of nitrogens with one attached hydrogen (secondary N) is 1. The first-order chi connectivity index (χ1) is 9.08. The molecule has 0 heterocycles. The molecule has 110 valence electrons. The van der Waals surface area contributed by atoms with Gasteiger partial charge in [0.15, 0.2) is 0 Å². The number of hydrogen-bond acceptors (Lipinski definition) is 3. The van der Waals surface area contributed by atoms with Crippen molar-refractivity contribution in [1.82, 2.24) is 5.32 Å². The van der Waals surface area contributed by atoms with Crippen LogP contribution in [0, 0.1) is 11.8 Å². The maximum absolute atomic E-state index is 11.9. The zero-order chi connectivity index (χ0) is 14.3. The number of carbonyl (C=O) groups is 2. The molecule has 1 aliphatic rings. The summed E-state index contributed by atoms with van der Waals surface area (Å²) in [6.07, 6.45) is 7.45. The summed E-state index contributed by atoms with van der Waals surface area (Å²) in [5, 5.41) is 20.1. The third-order valence-electron chi connectivity index (χ3n) is 3.98. The Morgan fingerprint density at radius 1 is 1.26 bits per heavy atom. The van der Waals surface area contributed by atoms with Crippen molar-refractivity contribution in [3.63, 3.8) is 0 Å². The van der Waals surface area contributed by atoms with Crippen LogP contribution in [0.1, 0.15) is 51.9 Å². The van der Waals surface area contributed by atoms with Crippen LogP contribution in [0.2, 0.25) is 0 Å². The second-order valence-corrected chi connectivity index (χ2v) is 5.44. The van der Waals surface area contributed by atoms with Crippen molar-refractivity contribution < 1.29 is 19.8 Å². The van der Waals surface area contributed by atoms with Crippen LogP contribution in [-0.2, 0) is 9.59 Å². The Balaban J connectivity index is 2.34. The maximum atomic E-state index is 11.9. The average Bonchev–Trinajstić information content (AvgIpc) is 2.42. The molecule has 0 unspecified atom stereocenters. The Kier molecular flexibility index (Phi) is 6.84. The van der Waals surface area contributed by atoms with Crippen molar-refractivity contribution in [3.8, 4) is 0 Å². The number of carboxylic acids is 1. The zero-order valence-electron chi connectivity index (χ0n) is 11.6. The molecule has 1 aliphatic carbocycles. The van der Waals surface area contributed by atoms with Crippen molar-refractivity contribution in [2.45, 2.75) is 57.9 Å². The Bertz CT molecular complexity index is 298. The van der Waals surface area contributed by atoms with Gasteiger partial charge in [-0.25, -0.2) is 4.79 Å². The van der Waals surface area contributed by atoms with Crippen molar-refractivity contribution in [2.75, 3.05) is 6.61 Å². The Morgan fingerprint density at radius 3 is 2.37 bits per heavy atom. The molecule has 19 heavy (non-hydrogen) atoms. The third kappa shape index (κ3) is 5.19.